The van der Waals surface area contributed by atoms with Crippen molar-refractivity contribution >= 4 is 0 Å². The molecule has 13 heavy (non-hydrogen) atoms. The summed E-state index contributed by atoms with van der Waals surface area (Å²) in [6.45, 7) is 6.67. The lowest BCUT2D eigenvalue weighted by Gasteiger charge is -2.17. The molecule has 0 bridgehead atoms. The maximum absolute atomic E-state index is 3.28. The van der Waals surface area contributed by atoms with E-state index >= 15 is 0 Å². The van der Waals surface area contributed by atoms with Crippen LogP contribution in [0.3, 0.4) is 0 Å². The first-order valence-electron chi connectivity index (χ1n) is 4.93. The van der Waals surface area contributed by atoms with Crippen LogP contribution in [0.25, 0.3) is 0 Å². The van der Waals surface area contributed by atoms with Gasteiger partial charge in [0.05, 0.1) is 0 Å². The second-order valence-corrected chi connectivity index (χ2v) is 3.79. The predicted octanol–water partition coefficient (Wildman–Crippen LogP) is 3.09. The van der Waals surface area contributed by atoms with E-state index in [1.165, 1.54) is 11.1 Å². The lowest BCUT2D eigenvalue weighted by molar-refractivity contribution is 0.638. The minimum Gasteiger partial charge on any atom is -0.313 e. The first-order chi connectivity index (χ1) is 6.16. The molecule has 0 saturated heterocycles. The highest BCUT2D eigenvalue weighted by Crippen LogP contribution is 2.23. The highest BCUT2D eigenvalue weighted by atomic mass is 14.9. The summed E-state index contributed by atoms with van der Waals surface area (Å²) in [7, 11) is 2.00. The van der Waals surface area contributed by atoms with Crippen molar-refractivity contribution < 1.29 is 0 Å². The van der Waals surface area contributed by atoms with Crippen LogP contribution in [0, 0.1) is 0 Å². The van der Waals surface area contributed by atoms with E-state index in [1.54, 1.807) is 0 Å². The Labute approximate surface area is 81.2 Å². The molecule has 72 valence electrons. The summed E-state index contributed by atoms with van der Waals surface area (Å²) in [5.74, 6) is 0.604. The molecule has 0 saturated carbocycles. The Bertz CT molecular complexity index is 266. The van der Waals surface area contributed by atoms with Crippen LogP contribution in [-0.4, -0.2) is 7.05 Å². The van der Waals surface area contributed by atoms with Crippen LogP contribution in [0.1, 0.15) is 43.9 Å². The molecule has 1 nitrogen and oxygen atoms in total. The average Bonchev–Trinajstić information content (AvgIpc) is 2.16. The molecule has 0 fully saturated rings. The van der Waals surface area contributed by atoms with E-state index < -0.39 is 0 Å². The summed E-state index contributed by atoms with van der Waals surface area (Å²) in [4.78, 5) is 0. The fourth-order valence-electron chi connectivity index (χ4n) is 1.59. The van der Waals surface area contributed by atoms with Crippen molar-refractivity contribution in [3.63, 3.8) is 0 Å². The normalized spacial score (nSPS) is 13.3. The lowest BCUT2D eigenvalue weighted by atomic mass is 9.93. The number of hydrogen-bond donors (Lipinski definition) is 1. The first-order valence-corrected chi connectivity index (χ1v) is 4.93. The highest BCUT2D eigenvalue weighted by Gasteiger charge is 2.09. The van der Waals surface area contributed by atoms with E-state index in [0.29, 0.717) is 12.0 Å². The maximum Gasteiger partial charge on any atom is 0.0291 e. The van der Waals surface area contributed by atoms with Gasteiger partial charge in [-0.05, 0) is 31.0 Å². The molecule has 0 spiro atoms. The van der Waals surface area contributed by atoms with Gasteiger partial charge in [-0.2, -0.15) is 0 Å². The van der Waals surface area contributed by atoms with Gasteiger partial charge in [-0.3, -0.25) is 0 Å². The van der Waals surface area contributed by atoms with E-state index in [0.717, 1.165) is 0 Å². The maximum atomic E-state index is 3.28. The van der Waals surface area contributed by atoms with Crippen molar-refractivity contribution in [1.82, 2.24) is 5.32 Å². The van der Waals surface area contributed by atoms with Gasteiger partial charge in [0.1, 0.15) is 0 Å². The van der Waals surface area contributed by atoms with Crippen LogP contribution < -0.4 is 5.32 Å². The molecule has 0 radical (unpaired) electrons. The van der Waals surface area contributed by atoms with Crippen molar-refractivity contribution in [1.29, 1.82) is 0 Å². The Balaban J connectivity index is 3.04. The molecule has 0 aromatic heterocycles. The van der Waals surface area contributed by atoms with Crippen molar-refractivity contribution in [2.45, 2.75) is 32.7 Å². The highest BCUT2D eigenvalue weighted by molar-refractivity contribution is 5.31. The first kappa shape index (κ1) is 10.3. The molecule has 1 atom stereocenters. The molecule has 1 rings (SSSR count). The van der Waals surface area contributed by atoms with E-state index in [-0.39, 0.29) is 0 Å². The zero-order valence-corrected chi connectivity index (χ0v) is 8.96. The lowest BCUT2D eigenvalue weighted by Crippen LogP contribution is -2.14. The van der Waals surface area contributed by atoms with E-state index in [4.69, 9.17) is 0 Å². The number of nitrogens with one attached hydrogen (secondary N) is 1. The Kier molecular flexibility index (Phi) is 3.49. The fourth-order valence-corrected chi connectivity index (χ4v) is 1.59. The van der Waals surface area contributed by atoms with Gasteiger partial charge in [-0.15, -0.1) is 0 Å². The van der Waals surface area contributed by atoms with Crippen LogP contribution in [0.15, 0.2) is 24.3 Å². The molecular formula is C12H19N. The van der Waals surface area contributed by atoms with Gasteiger partial charge in [0.2, 0.25) is 0 Å². The van der Waals surface area contributed by atoms with Gasteiger partial charge in [0, 0.05) is 6.04 Å². The summed E-state index contributed by atoms with van der Waals surface area (Å²) < 4.78 is 0. The molecule has 0 aliphatic carbocycles. The minimum absolute atomic E-state index is 0.443. The Hall–Kier alpha value is -0.820. The molecule has 1 N–H and O–H groups in total. The quantitative estimate of drug-likeness (QED) is 0.748. The zero-order chi connectivity index (χ0) is 9.84. The summed E-state index contributed by atoms with van der Waals surface area (Å²) in [5, 5.41) is 3.28. The SMILES string of the molecule is CN[C@H](C)c1ccccc1C(C)C. The average molecular weight is 177 g/mol. The van der Waals surface area contributed by atoms with Crippen LogP contribution in [0.4, 0.5) is 0 Å². The summed E-state index contributed by atoms with van der Waals surface area (Å²) >= 11 is 0. The van der Waals surface area contributed by atoms with Gasteiger partial charge < -0.3 is 5.32 Å². The number of hydrogen-bond acceptors (Lipinski definition) is 1. The van der Waals surface area contributed by atoms with Gasteiger partial charge in [0.25, 0.3) is 0 Å². The zero-order valence-electron chi connectivity index (χ0n) is 8.96. The van der Waals surface area contributed by atoms with Gasteiger partial charge in [-0.25, -0.2) is 0 Å². The molecule has 0 aliphatic rings. The Morgan fingerprint density at radius 3 is 2.00 bits per heavy atom. The second kappa shape index (κ2) is 4.43. The van der Waals surface area contributed by atoms with Crippen molar-refractivity contribution in [3.8, 4) is 0 Å². The van der Waals surface area contributed by atoms with Crippen LogP contribution in [0.2, 0.25) is 0 Å². The van der Waals surface area contributed by atoms with Crippen molar-refractivity contribution in [2.75, 3.05) is 7.05 Å². The van der Waals surface area contributed by atoms with Gasteiger partial charge in [0.15, 0.2) is 0 Å². The molecule has 0 amide bonds. The van der Waals surface area contributed by atoms with Crippen LogP contribution in [-0.2, 0) is 0 Å². The smallest absolute Gasteiger partial charge is 0.0291 e. The molecule has 0 unspecified atom stereocenters. The molecule has 0 heterocycles. The largest absolute Gasteiger partial charge is 0.313 e. The Morgan fingerprint density at radius 2 is 1.54 bits per heavy atom. The third-order valence-electron chi connectivity index (χ3n) is 2.52. The summed E-state index contributed by atoms with van der Waals surface area (Å²) in [5.41, 5.74) is 2.87. The molecular weight excluding hydrogens is 158 g/mol. The monoisotopic (exact) mass is 177 g/mol. The third kappa shape index (κ3) is 2.31. The third-order valence-corrected chi connectivity index (χ3v) is 2.52. The minimum atomic E-state index is 0.443. The van der Waals surface area contributed by atoms with E-state index in [1.807, 2.05) is 7.05 Å². The molecule has 1 aromatic carbocycles. The molecule has 0 aliphatic heterocycles. The standard InChI is InChI=1S/C12H19N/c1-9(2)11-7-5-6-8-12(11)10(3)13-4/h5-10,13H,1-4H3/t10-/m1/s1. The number of benzene rings is 1. The topological polar surface area (TPSA) is 12.0 Å². The summed E-state index contributed by atoms with van der Waals surface area (Å²) in [6.07, 6.45) is 0. The van der Waals surface area contributed by atoms with Crippen molar-refractivity contribution in [3.05, 3.63) is 35.4 Å². The van der Waals surface area contributed by atoms with E-state index in [9.17, 15) is 0 Å². The van der Waals surface area contributed by atoms with E-state index in [2.05, 4.69) is 50.4 Å². The molecule has 1 heteroatoms. The van der Waals surface area contributed by atoms with Gasteiger partial charge in [-0.1, -0.05) is 38.1 Å². The number of rotatable bonds is 3. The Morgan fingerprint density at radius 1 is 1.00 bits per heavy atom. The summed E-state index contributed by atoms with van der Waals surface area (Å²) in [6, 6.07) is 9.08. The van der Waals surface area contributed by atoms with Crippen LogP contribution >= 0.6 is 0 Å². The van der Waals surface area contributed by atoms with Gasteiger partial charge >= 0.3 is 0 Å². The van der Waals surface area contributed by atoms with Crippen LogP contribution in [0.5, 0.6) is 0 Å². The molecule has 1 aromatic rings. The predicted molar refractivity (Wildman–Crippen MR) is 58.0 cm³/mol. The van der Waals surface area contributed by atoms with Crippen molar-refractivity contribution in [2.24, 2.45) is 0 Å². The fraction of sp³-hybridized carbons (Fsp3) is 0.500. The second-order valence-electron chi connectivity index (χ2n) is 3.79.